The monoisotopic (exact) mass is 244 g/mol. The molecular weight excluding hydrogens is 224 g/mol. The molecule has 0 radical (unpaired) electrons. The topological polar surface area (TPSA) is 42.7 Å². The van der Waals surface area contributed by atoms with Crippen molar-refractivity contribution in [1.29, 1.82) is 0 Å². The smallest absolute Gasteiger partial charge is 0.0540 e. The van der Waals surface area contributed by atoms with Gasteiger partial charge in [0.05, 0.1) is 6.20 Å². The van der Waals surface area contributed by atoms with Crippen LogP contribution in [-0.2, 0) is 13.5 Å². The number of aryl methyl sites for hydroxylation is 1. The van der Waals surface area contributed by atoms with Gasteiger partial charge in [-0.1, -0.05) is 6.92 Å². The first-order valence-electron chi connectivity index (χ1n) is 6.33. The van der Waals surface area contributed by atoms with Gasteiger partial charge in [0.15, 0.2) is 0 Å². The fourth-order valence-electron chi connectivity index (χ4n) is 2.15. The zero-order valence-electron chi connectivity index (χ0n) is 11.2. The zero-order valence-corrected chi connectivity index (χ0v) is 11.2. The predicted molar refractivity (Wildman–Crippen MR) is 72.3 cm³/mol. The van der Waals surface area contributed by atoms with Crippen molar-refractivity contribution in [2.75, 3.05) is 6.54 Å². The van der Waals surface area contributed by atoms with Gasteiger partial charge in [-0.05, 0) is 37.6 Å². The van der Waals surface area contributed by atoms with E-state index in [2.05, 4.69) is 41.4 Å². The van der Waals surface area contributed by atoms with Crippen LogP contribution in [0.25, 0.3) is 0 Å². The Hall–Kier alpha value is -1.68. The molecule has 2 aromatic rings. The van der Waals surface area contributed by atoms with E-state index in [1.807, 2.05) is 30.3 Å². The first kappa shape index (κ1) is 12.8. The van der Waals surface area contributed by atoms with E-state index in [0.717, 1.165) is 13.0 Å². The lowest BCUT2D eigenvalue weighted by Gasteiger charge is -2.17. The summed E-state index contributed by atoms with van der Waals surface area (Å²) >= 11 is 0. The van der Waals surface area contributed by atoms with Gasteiger partial charge in [0.25, 0.3) is 0 Å². The fourth-order valence-corrected chi connectivity index (χ4v) is 2.15. The summed E-state index contributed by atoms with van der Waals surface area (Å²) < 4.78 is 1.92. The molecule has 18 heavy (non-hydrogen) atoms. The second-order valence-electron chi connectivity index (χ2n) is 4.48. The Labute approximate surface area is 108 Å². The number of hydrogen-bond acceptors (Lipinski definition) is 3. The molecule has 2 aromatic heterocycles. The highest BCUT2D eigenvalue weighted by molar-refractivity contribution is 5.24. The minimum Gasteiger partial charge on any atom is -0.310 e. The third-order valence-electron chi connectivity index (χ3n) is 3.29. The first-order chi connectivity index (χ1) is 8.72. The van der Waals surface area contributed by atoms with Crippen LogP contribution in [0.15, 0.2) is 30.7 Å². The molecular formula is C14H20N4. The lowest BCUT2D eigenvalue weighted by molar-refractivity contribution is 0.546. The van der Waals surface area contributed by atoms with E-state index in [4.69, 9.17) is 0 Å². The Morgan fingerprint density at radius 1 is 1.33 bits per heavy atom. The first-order valence-corrected chi connectivity index (χ1v) is 6.33. The van der Waals surface area contributed by atoms with Crippen molar-refractivity contribution < 1.29 is 0 Å². The molecule has 4 heteroatoms. The number of nitrogens with one attached hydrogen (secondary N) is 1. The zero-order chi connectivity index (χ0) is 13.0. The van der Waals surface area contributed by atoms with E-state index >= 15 is 0 Å². The Bertz CT molecular complexity index is 490. The molecule has 0 aliphatic carbocycles. The second kappa shape index (κ2) is 5.78. The fraction of sp³-hybridized carbons (Fsp3) is 0.429. The van der Waals surface area contributed by atoms with Crippen molar-refractivity contribution in [2.24, 2.45) is 7.05 Å². The number of aromatic nitrogens is 3. The number of nitrogens with zero attached hydrogens (tertiary/aromatic N) is 3. The quantitative estimate of drug-likeness (QED) is 0.875. The number of pyridine rings is 1. The molecule has 0 aromatic carbocycles. The van der Waals surface area contributed by atoms with Crippen molar-refractivity contribution in [2.45, 2.75) is 26.3 Å². The minimum absolute atomic E-state index is 0.311. The molecule has 0 saturated carbocycles. The maximum atomic E-state index is 4.33. The number of rotatable bonds is 5. The SMILES string of the molecule is CCNC(Cc1ccncc1)c1cnn(C)c1C. The van der Waals surface area contributed by atoms with Crippen LogP contribution in [0.3, 0.4) is 0 Å². The van der Waals surface area contributed by atoms with Gasteiger partial charge in [0.2, 0.25) is 0 Å². The largest absolute Gasteiger partial charge is 0.310 e. The van der Waals surface area contributed by atoms with Crippen LogP contribution >= 0.6 is 0 Å². The normalized spacial score (nSPS) is 12.6. The highest BCUT2D eigenvalue weighted by atomic mass is 15.3. The molecule has 0 aliphatic rings. The molecule has 0 aliphatic heterocycles. The van der Waals surface area contributed by atoms with Crippen LogP contribution < -0.4 is 5.32 Å². The van der Waals surface area contributed by atoms with E-state index in [0.29, 0.717) is 6.04 Å². The van der Waals surface area contributed by atoms with E-state index in [9.17, 15) is 0 Å². The standard InChI is InChI=1S/C14H20N4/c1-4-16-14(9-12-5-7-15-8-6-12)13-10-17-18(3)11(13)2/h5-8,10,14,16H,4,9H2,1-3H3. The summed E-state index contributed by atoms with van der Waals surface area (Å²) in [5.74, 6) is 0. The molecule has 1 unspecified atom stereocenters. The molecule has 0 amide bonds. The van der Waals surface area contributed by atoms with Crippen molar-refractivity contribution >= 4 is 0 Å². The van der Waals surface area contributed by atoms with Gasteiger partial charge in [0.1, 0.15) is 0 Å². The third kappa shape index (κ3) is 2.76. The molecule has 0 saturated heterocycles. The lowest BCUT2D eigenvalue weighted by atomic mass is 10.00. The van der Waals surface area contributed by atoms with Crippen LogP contribution in [0.1, 0.15) is 29.8 Å². The third-order valence-corrected chi connectivity index (χ3v) is 3.29. The van der Waals surface area contributed by atoms with Gasteiger partial charge in [-0.25, -0.2) is 0 Å². The van der Waals surface area contributed by atoms with Crippen molar-refractivity contribution in [3.63, 3.8) is 0 Å². The van der Waals surface area contributed by atoms with Crippen molar-refractivity contribution in [1.82, 2.24) is 20.1 Å². The highest BCUT2D eigenvalue weighted by Crippen LogP contribution is 2.20. The Morgan fingerprint density at radius 3 is 2.61 bits per heavy atom. The van der Waals surface area contributed by atoms with E-state index < -0.39 is 0 Å². The van der Waals surface area contributed by atoms with E-state index in [1.165, 1.54) is 16.8 Å². The van der Waals surface area contributed by atoms with E-state index in [1.54, 1.807) is 0 Å². The number of hydrogen-bond donors (Lipinski definition) is 1. The average molecular weight is 244 g/mol. The Balaban J connectivity index is 2.21. The summed E-state index contributed by atoms with van der Waals surface area (Å²) in [5.41, 5.74) is 3.78. The molecule has 2 heterocycles. The summed E-state index contributed by atoms with van der Waals surface area (Å²) in [6.45, 7) is 5.19. The van der Waals surface area contributed by atoms with Crippen LogP contribution in [0.4, 0.5) is 0 Å². The summed E-state index contributed by atoms with van der Waals surface area (Å²) in [6.07, 6.45) is 6.61. The summed E-state index contributed by atoms with van der Waals surface area (Å²) in [4.78, 5) is 4.06. The van der Waals surface area contributed by atoms with E-state index in [-0.39, 0.29) is 0 Å². The van der Waals surface area contributed by atoms with Crippen LogP contribution in [0, 0.1) is 6.92 Å². The maximum Gasteiger partial charge on any atom is 0.0540 e. The van der Waals surface area contributed by atoms with Gasteiger partial charge in [-0.3, -0.25) is 9.67 Å². The highest BCUT2D eigenvalue weighted by Gasteiger charge is 2.16. The van der Waals surface area contributed by atoms with Crippen LogP contribution in [-0.4, -0.2) is 21.3 Å². The Morgan fingerprint density at radius 2 is 2.06 bits per heavy atom. The molecule has 0 spiro atoms. The summed E-state index contributed by atoms with van der Waals surface area (Å²) in [6, 6.07) is 4.44. The van der Waals surface area contributed by atoms with Crippen LogP contribution in [0.2, 0.25) is 0 Å². The van der Waals surface area contributed by atoms with Crippen molar-refractivity contribution in [3.8, 4) is 0 Å². The van der Waals surface area contributed by atoms with Gasteiger partial charge >= 0.3 is 0 Å². The average Bonchev–Trinajstić information content (AvgIpc) is 2.71. The second-order valence-corrected chi connectivity index (χ2v) is 4.48. The molecule has 0 fully saturated rings. The lowest BCUT2D eigenvalue weighted by Crippen LogP contribution is -2.23. The molecule has 96 valence electrons. The number of likely N-dealkylation sites (N-methyl/N-ethyl adjacent to an activating group) is 1. The molecule has 2 rings (SSSR count). The molecule has 1 atom stereocenters. The molecule has 1 N–H and O–H groups in total. The van der Waals surface area contributed by atoms with Gasteiger partial charge < -0.3 is 5.32 Å². The van der Waals surface area contributed by atoms with Gasteiger partial charge in [-0.15, -0.1) is 0 Å². The maximum absolute atomic E-state index is 4.33. The summed E-state index contributed by atoms with van der Waals surface area (Å²) in [5, 5.41) is 7.85. The minimum atomic E-state index is 0.311. The van der Waals surface area contributed by atoms with Crippen LogP contribution in [0.5, 0.6) is 0 Å². The van der Waals surface area contributed by atoms with Gasteiger partial charge in [-0.2, -0.15) is 5.10 Å². The molecule has 4 nitrogen and oxygen atoms in total. The molecule has 0 bridgehead atoms. The van der Waals surface area contributed by atoms with Gasteiger partial charge in [0, 0.05) is 36.7 Å². The Kier molecular flexibility index (Phi) is 4.10. The summed E-state index contributed by atoms with van der Waals surface area (Å²) in [7, 11) is 1.98. The predicted octanol–water partition coefficient (Wildman–Crippen LogP) is 2.02. The van der Waals surface area contributed by atoms with Crippen molar-refractivity contribution in [3.05, 3.63) is 47.5 Å².